The lowest BCUT2D eigenvalue weighted by atomic mass is 9.81. The van der Waals surface area contributed by atoms with Crippen molar-refractivity contribution in [1.82, 2.24) is 4.90 Å². The van der Waals surface area contributed by atoms with Gasteiger partial charge in [-0.25, -0.2) is 0 Å². The van der Waals surface area contributed by atoms with Gasteiger partial charge in [0.15, 0.2) is 0 Å². The van der Waals surface area contributed by atoms with Gasteiger partial charge in [0.2, 0.25) is 0 Å². The van der Waals surface area contributed by atoms with E-state index >= 15 is 0 Å². The summed E-state index contributed by atoms with van der Waals surface area (Å²) in [6.45, 7) is 4.66. The fourth-order valence-electron chi connectivity index (χ4n) is 2.23. The van der Waals surface area contributed by atoms with E-state index in [1.165, 1.54) is 25.9 Å². The Morgan fingerprint density at radius 1 is 1.09 bits per heavy atom. The van der Waals surface area contributed by atoms with E-state index < -0.39 is 0 Å². The van der Waals surface area contributed by atoms with Crippen LogP contribution in [0.2, 0.25) is 0 Å². The van der Waals surface area contributed by atoms with Crippen molar-refractivity contribution in [2.45, 2.75) is 12.8 Å². The molecule has 0 radical (unpaired) electrons. The Balaban J connectivity index is 1.76. The lowest BCUT2D eigenvalue weighted by Crippen LogP contribution is -2.48. The van der Waals surface area contributed by atoms with Gasteiger partial charge in [0.25, 0.3) is 0 Å². The van der Waals surface area contributed by atoms with Crippen LogP contribution in [-0.4, -0.2) is 38.3 Å². The fraction of sp³-hybridized carbons (Fsp3) is 1.00. The molecule has 2 heteroatoms. The molecule has 0 spiro atoms. The Morgan fingerprint density at radius 2 is 1.73 bits per heavy atom. The zero-order valence-corrected chi connectivity index (χ0v) is 7.25. The van der Waals surface area contributed by atoms with Gasteiger partial charge in [-0.05, 0) is 31.7 Å². The molecule has 0 aromatic carbocycles. The fourth-order valence-corrected chi connectivity index (χ4v) is 2.23. The number of nitrogens with zero attached hydrogens (tertiary/aromatic N) is 1. The monoisotopic (exact) mass is 155 g/mol. The second kappa shape index (κ2) is 3.11. The molecule has 0 aromatic rings. The highest BCUT2D eigenvalue weighted by molar-refractivity contribution is 4.83. The molecule has 0 unspecified atom stereocenters. The van der Waals surface area contributed by atoms with Crippen LogP contribution in [0, 0.1) is 11.8 Å². The van der Waals surface area contributed by atoms with Crippen LogP contribution in [0.4, 0.5) is 0 Å². The molecule has 2 heterocycles. The summed E-state index contributed by atoms with van der Waals surface area (Å²) < 4.78 is 5.33. The summed E-state index contributed by atoms with van der Waals surface area (Å²) in [6, 6.07) is 0. The summed E-state index contributed by atoms with van der Waals surface area (Å²) in [5.41, 5.74) is 0. The summed E-state index contributed by atoms with van der Waals surface area (Å²) >= 11 is 0. The Bertz CT molecular complexity index is 126. The third-order valence-electron chi connectivity index (χ3n) is 3.02. The van der Waals surface area contributed by atoms with Gasteiger partial charge in [0.05, 0.1) is 0 Å². The van der Waals surface area contributed by atoms with Crippen molar-refractivity contribution >= 4 is 0 Å². The lowest BCUT2D eigenvalue weighted by molar-refractivity contribution is 0.00238. The van der Waals surface area contributed by atoms with Gasteiger partial charge in [-0.3, -0.25) is 0 Å². The van der Waals surface area contributed by atoms with Crippen LogP contribution in [-0.2, 0) is 4.74 Å². The van der Waals surface area contributed by atoms with Crippen LogP contribution in [0.15, 0.2) is 0 Å². The zero-order chi connectivity index (χ0) is 7.68. The quantitative estimate of drug-likeness (QED) is 0.559. The highest BCUT2D eigenvalue weighted by Gasteiger charge is 2.31. The van der Waals surface area contributed by atoms with Crippen molar-refractivity contribution in [3.05, 3.63) is 0 Å². The molecule has 0 bridgehead atoms. The van der Waals surface area contributed by atoms with Crippen LogP contribution >= 0.6 is 0 Å². The molecule has 11 heavy (non-hydrogen) atoms. The van der Waals surface area contributed by atoms with E-state index in [1.54, 1.807) is 0 Å². The second-order valence-corrected chi connectivity index (χ2v) is 3.93. The highest BCUT2D eigenvalue weighted by atomic mass is 16.5. The number of rotatable bonds is 1. The first-order chi connectivity index (χ1) is 5.36. The molecule has 2 rings (SSSR count). The largest absolute Gasteiger partial charge is 0.381 e. The molecule has 2 fully saturated rings. The van der Waals surface area contributed by atoms with E-state index in [4.69, 9.17) is 4.74 Å². The van der Waals surface area contributed by atoms with E-state index in [9.17, 15) is 0 Å². The predicted molar refractivity (Wildman–Crippen MR) is 44.5 cm³/mol. The minimum Gasteiger partial charge on any atom is -0.381 e. The maximum Gasteiger partial charge on any atom is 0.0468 e. The molecule has 2 aliphatic heterocycles. The summed E-state index contributed by atoms with van der Waals surface area (Å²) in [6.07, 6.45) is 2.61. The molecule has 0 aliphatic carbocycles. The van der Waals surface area contributed by atoms with E-state index in [2.05, 4.69) is 11.9 Å². The molecule has 2 aliphatic rings. The third-order valence-corrected chi connectivity index (χ3v) is 3.02. The first kappa shape index (κ1) is 7.56. The van der Waals surface area contributed by atoms with Crippen LogP contribution in [0.5, 0.6) is 0 Å². The predicted octanol–water partition coefficient (Wildman–Crippen LogP) is 0.975. The Labute approximate surface area is 68.5 Å². The normalized spacial score (nSPS) is 30.3. The van der Waals surface area contributed by atoms with Gasteiger partial charge in [0, 0.05) is 26.3 Å². The zero-order valence-electron chi connectivity index (χ0n) is 7.25. The second-order valence-electron chi connectivity index (χ2n) is 3.93. The smallest absolute Gasteiger partial charge is 0.0468 e. The molecule has 2 saturated heterocycles. The average Bonchev–Trinajstić information content (AvgIpc) is 2.01. The minimum absolute atomic E-state index is 0.972. The minimum atomic E-state index is 0.972. The van der Waals surface area contributed by atoms with Gasteiger partial charge < -0.3 is 9.64 Å². The van der Waals surface area contributed by atoms with E-state index in [0.717, 1.165) is 25.0 Å². The van der Waals surface area contributed by atoms with Gasteiger partial charge in [0.1, 0.15) is 0 Å². The maximum atomic E-state index is 5.33. The Morgan fingerprint density at radius 3 is 2.27 bits per heavy atom. The third kappa shape index (κ3) is 1.57. The average molecular weight is 155 g/mol. The SMILES string of the molecule is CN1CC(C2CCOCC2)C1. The van der Waals surface area contributed by atoms with Gasteiger partial charge in [-0.2, -0.15) is 0 Å². The Kier molecular flexibility index (Phi) is 2.14. The molecule has 0 aromatic heterocycles. The summed E-state index contributed by atoms with van der Waals surface area (Å²) in [5.74, 6) is 1.96. The summed E-state index contributed by atoms with van der Waals surface area (Å²) in [7, 11) is 2.20. The van der Waals surface area contributed by atoms with Crippen molar-refractivity contribution in [1.29, 1.82) is 0 Å². The molecule has 64 valence electrons. The number of likely N-dealkylation sites (tertiary alicyclic amines) is 1. The van der Waals surface area contributed by atoms with E-state index in [1.807, 2.05) is 0 Å². The van der Waals surface area contributed by atoms with Crippen LogP contribution in [0.25, 0.3) is 0 Å². The van der Waals surface area contributed by atoms with E-state index in [-0.39, 0.29) is 0 Å². The highest BCUT2D eigenvalue weighted by Crippen LogP contribution is 2.29. The van der Waals surface area contributed by atoms with Crippen molar-refractivity contribution in [3.8, 4) is 0 Å². The first-order valence-corrected chi connectivity index (χ1v) is 4.62. The molecule has 0 amide bonds. The topological polar surface area (TPSA) is 12.5 Å². The summed E-state index contributed by atoms with van der Waals surface area (Å²) in [5, 5.41) is 0. The van der Waals surface area contributed by atoms with Gasteiger partial charge in [-0.15, -0.1) is 0 Å². The van der Waals surface area contributed by atoms with E-state index in [0.29, 0.717) is 0 Å². The molecule has 2 nitrogen and oxygen atoms in total. The molecule has 0 saturated carbocycles. The number of hydrogen-bond acceptors (Lipinski definition) is 2. The standard InChI is InChI=1S/C9H17NO/c1-10-6-9(7-10)8-2-4-11-5-3-8/h8-9H,2-7H2,1H3. The van der Waals surface area contributed by atoms with Crippen LogP contribution in [0.3, 0.4) is 0 Å². The molecule has 0 N–H and O–H groups in total. The van der Waals surface area contributed by atoms with Crippen molar-refractivity contribution in [2.24, 2.45) is 11.8 Å². The van der Waals surface area contributed by atoms with Gasteiger partial charge >= 0.3 is 0 Å². The van der Waals surface area contributed by atoms with Crippen LogP contribution in [0.1, 0.15) is 12.8 Å². The van der Waals surface area contributed by atoms with Gasteiger partial charge in [-0.1, -0.05) is 0 Å². The van der Waals surface area contributed by atoms with Crippen molar-refractivity contribution in [3.63, 3.8) is 0 Å². The lowest BCUT2D eigenvalue weighted by Gasteiger charge is -2.42. The number of hydrogen-bond donors (Lipinski definition) is 0. The van der Waals surface area contributed by atoms with Crippen molar-refractivity contribution < 1.29 is 4.74 Å². The summed E-state index contributed by atoms with van der Waals surface area (Å²) in [4.78, 5) is 2.40. The number of ether oxygens (including phenoxy) is 1. The molecular weight excluding hydrogens is 138 g/mol. The molecular formula is C9H17NO. The maximum absolute atomic E-state index is 5.33. The first-order valence-electron chi connectivity index (χ1n) is 4.62. The molecule has 0 atom stereocenters. The van der Waals surface area contributed by atoms with Crippen molar-refractivity contribution in [2.75, 3.05) is 33.4 Å². The van der Waals surface area contributed by atoms with Crippen LogP contribution < -0.4 is 0 Å². The Hall–Kier alpha value is -0.0800.